The van der Waals surface area contributed by atoms with Gasteiger partial charge in [-0.2, -0.15) is 5.26 Å². The van der Waals surface area contributed by atoms with Crippen LogP contribution in [0.15, 0.2) is 24.3 Å². The molecular weight excluding hydrogens is 260 g/mol. The van der Waals surface area contributed by atoms with Crippen molar-refractivity contribution in [2.45, 2.75) is 20.3 Å². The van der Waals surface area contributed by atoms with E-state index in [4.69, 9.17) is 10.1 Å². The largest absolute Gasteiger partial charge is 0.334 e. The number of hydroxylamine groups is 2. The van der Waals surface area contributed by atoms with Crippen molar-refractivity contribution in [2.24, 2.45) is 5.41 Å². The number of hydrogen-bond acceptors (Lipinski definition) is 5. The predicted molar refractivity (Wildman–Crippen MR) is 67.0 cm³/mol. The molecule has 0 aliphatic carbocycles. The van der Waals surface area contributed by atoms with E-state index in [1.807, 2.05) is 6.07 Å². The summed E-state index contributed by atoms with van der Waals surface area (Å²) in [5.74, 6) is -2.14. The minimum Gasteiger partial charge on any atom is -0.330 e. The minimum absolute atomic E-state index is 0.199. The minimum atomic E-state index is -0.921. The Morgan fingerprint density at radius 2 is 1.75 bits per heavy atom. The smallest absolute Gasteiger partial charge is 0.330 e. The van der Waals surface area contributed by atoms with Crippen molar-refractivity contribution in [1.29, 1.82) is 5.26 Å². The highest BCUT2D eigenvalue weighted by atomic mass is 16.7. The molecule has 6 nitrogen and oxygen atoms in total. The van der Waals surface area contributed by atoms with Gasteiger partial charge in [0.2, 0.25) is 0 Å². The highest BCUT2D eigenvalue weighted by Crippen LogP contribution is 2.24. The molecule has 1 aliphatic heterocycles. The van der Waals surface area contributed by atoms with Gasteiger partial charge >= 0.3 is 5.97 Å². The van der Waals surface area contributed by atoms with Gasteiger partial charge in [-0.15, -0.1) is 0 Å². The van der Waals surface area contributed by atoms with Crippen LogP contribution >= 0.6 is 0 Å². The van der Waals surface area contributed by atoms with Crippen LogP contribution in [0.5, 0.6) is 0 Å². The highest BCUT2D eigenvalue weighted by molar-refractivity contribution is 6.20. The topological polar surface area (TPSA) is 87.5 Å². The predicted octanol–water partition coefficient (Wildman–Crippen LogP) is 1.68. The van der Waals surface area contributed by atoms with Crippen LogP contribution in [0.1, 0.15) is 41.0 Å². The summed E-state index contributed by atoms with van der Waals surface area (Å²) in [4.78, 5) is 40.4. The zero-order valence-electron chi connectivity index (χ0n) is 11.0. The second kappa shape index (κ2) is 4.78. The van der Waals surface area contributed by atoms with Crippen LogP contribution in [0, 0.1) is 16.7 Å². The van der Waals surface area contributed by atoms with Gasteiger partial charge in [0.05, 0.1) is 29.0 Å². The number of imide groups is 1. The van der Waals surface area contributed by atoms with Crippen LogP contribution in [0.4, 0.5) is 0 Å². The summed E-state index contributed by atoms with van der Waals surface area (Å²) in [6, 6.07) is 8.16. The van der Waals surface area contributed by atoms with E-state index in [2.05, 4.69) is 0 Å². The lowest BCUT2D eigenvalue weighted by Gasteiger charge is -2.17. The molecule has 0 radical (unpaired) electrons. The van der Waals surface area contributed by atoms with Crippen molar-refractivity contribution in [3.8, 4) is 6.07 Å². The number of rotatable bonds is 3. The molecule has 0 spiro atoms. The lowest BCUT2D eigenvalue weighted by molar-refractivity contribution is -0.170. The Morgan fingerprint density at radius 1 is 1.25 bits per heavy atom. The molecule has 6 heteroatoms. The first-order valence-electron chi connectivity index (χ1n) is 5.95. The van der Waals surface area contributed by atoms with Gasteiger partial charge in [-0.1, -0.05) is 17.2 Å². The van der Waals surface area contributed by atoms with Crippen molar-refractivity contribution in [3.63, 3.8) is 0 Å². The van der Waals surface area contributed by atoms with Crippen molar-refractivity contribution in [3.05, 3.63) is 35.4 Å². The lowest BCUT2D eigenvalue weighted by atomic mass is 9.92. The van der Waals surface area contributed by atoms with E-state index in [0.29, 0.717) is 5.06 Å². The van der Waals surface area contributed by atoms with E-state index in [-0.39, 0.29) is 17.5 Å². The Morgan fingerprint density at radius 3 is 2.20 bits per heavy atom. The second-order valence-electron chi connectivity index (χ2n) is 5.09. The van der Waals surface area contributed by atoms with E-state index in [0.717, 1.165) is 0 Å². The van der Waals surface area contributed by atoms with Crippen LogP contribution in [0.25, 0.3) is 0 Å². The number of fused-ring (bicyclic) bond motifs is 1. The van der Waals surface area contributed by atoms with Gasteiger partial charge in [0.25, 0.3) is 11.8 Å². The fourth-order valence-corrected chi connectivity index (χ4v) is 1.78. The summed E-state index contributed by atoms with van der Waals surface area (Å²) in [6.45, 7) is 3.13. The van der Waals surface area contributed by atoms with Crippen LogP contribution < -0.4 is 0 Å². The Kier molecular flexibility index (Phi) is 3.28. The summed E-state index contributed by atoms with van der Waals surface area (Å²) >= 11 is 0. The average molecular weight is 272 g/mol. The molecule has 0 atom stereocenters. The Balaban J connectivity index is 2.14. The SMILES string of the molecule is CC(C)(C#N)CC(=O)ON1C(=O)c2ccccc2C1=O. The average Bonchev–Trinajstić information content (AvgIpc) is 2.64. The molecule has 0 fully saturated rings. The normalized spacial score (nSPS) is 13.9. The second-order valence-corrected chi connectivity index (χ2v) is 5.09. The van der Waals surface area contributed by atoms with Crippen LogP contribution in [-0.4, -0.2) is 22.8 Å². The molecular formula is C14H12N2O4. The monoisotopic (exact) mass is 272 g/mol. The Labute approximate surface area is 115 Å². The molecule has 0 N–H and O–H groups in total. The number of nitrogens with zero attached hydrogens (tertiary/aromatic N) is 2. The van der Waals surface area contributed by atoms with Gasteiger partial charge in [0, 0.05) is 0 Å². The summed E-state index contributed by atoms with van der Waals surface area (Å²) in [7, 11) is 0. The molecule has 2 amide bonds. The van der Waals surface area contributed by atoms with Crippen molar-refractivity contribution in [1.82, 2.24) is 5.06 Å². The van der Waals surface area contributed by atoms with Crippen molar-refractivity contribution >= 4 is 17.8 Å². The highest BCUT2D eigenvalue weighted by Gasteiger charge is 2.39. The number of benzene rings is 1. The summed E-state index contributed by atoms with van der Waals surface area (Å²) in [5.41, 5.74) is -0.523. The number of hydrogen-bond donors (Lipinski definition) is 0. The molecule has 20 heavy (non-hydrogen) atoms. The van der Waals surface area contributed by atoms with Gasteiger partial charge < -0.3 is 4.84 Å². The maximum atomic E-state index is 11.9. The lowest BCUT2D eigenvalue weighted by Crippen LogP contribution is -2.34. The van der Waals surface area contributed by atoms with Crippen molar-refractivity contribution < 1.29 is 19.2 Å². The zero-order chi connectivity index (χ0) is 14.9. The quantitative estimate of drug-likeness (QED) is 0.781. The molecule has 0 saturated heterocycles. The van der Waals surface area contributed by atoms with Crippen LogP contribution in [-0.2, 0) is 9.63 Å². The maximum absolute atomic E-state index is 11.9. The van der Waals surface area contributed by atoms with E-state index in [1.165, 1.54) is 12.1 Å². The Bertz CT molecular complexity index is 608. The third-order valence-corrected chi connectivity index (χ3v) is 2.84. The molecule has 0 unspecified atom stereocenters. The number of carbonyl (C=O) groups is 3. The molecule has 1 aliphatic rings. The van der Waals surface area contributed by atoms with Gasteiger partial charge in [-0.05, 0) is 26.0 Å². The molecule has 0 saturated carbocycles. The van der Waals surface area contributed by atoms with E-state index < -0.39 is 23.2 Å². The fourth-order valence-electron chi connectivity index (χ4n) is 1.78. The first kappa shape index (κ1) is 13.7. The first-order valence-corrected chi connectivity index (χ1v) is 5.95. The van der Waals surface area contributed by atoms with E-state index in [9.17, 15) is 14.4 Å². The fraction of sp³-hybridized carbons (Fsp3) is 0.286. The maximum Gasteiger partial charge on any atom is 0.334 e. The molecule has 102 valence electrons. The summed E-state index contributed by atoms with van der Waals surface area (Å²) in [6.07, 6.45) is -0.211. The van der Waals surface area contributed by atoms with Gasteiger partial charge in [-0.25, -0.2) is 4.79 Å². The Hall–Kier alpha value is -2.68. The van der Waals surface area contributed by atoms with Crippen molar-refractivity contribution in [2.75, 3.05) is 0 Å². The molecule has 1 aromatic carbocycles. The molecule has 1 aromatic rings. The molecule has 0 bridgehead atoms. The summed E-state index contributed by atoms with van der Waals surface area (Å²) < 4.78 is 0. The molecule has 2 rings (SSSR count). The van der Waals surface area contributed by atoms with E-state index >= 15 is 0 Å². The van der Waals surface area contributed by atoms with Crippen LogP contribution in [0.3, 0.4) is 0 Å². The standard InChI is InChI=1S/C14H12N2O4/c1-14(2,8-15)7-11(17)20-16-12(18)9-5-3-4-6-10(9)13(16)19/h3-6H,7H2,1-2H3. The van der Waals surface area contributed by atoms with Gasteiger partial charge in [0.1, 0.15) is 0 Å². The first-order chi connectivity index (χ1) is 9.35. The number of carbonyl (C=O) groups excluding carboxylic acids is 3. The number of amides is 2. The summed E-state index contributed by atoms with van der Waals surface area (Å²) in [5, 5.41) is 9.29. The number of nitriles is 1. The molecule has 0 aromatic heterocycles. The van der Waals surface area contributed by atoms with Gasteiger partial charge in [0.15, 0.2) is 0 Å². The third kappa shape index (κ3) is 2.38. The van der Waals surface area contributed by atoms with Gasteiger partial charge in [-0.3, -0.25) is 9.59 Å². The zero-order valence-corrected chi connectivity index (χ0v) is 11.0. The van der Waals surface area contributed by atoms with Crippen LogP contribution in [0.2, 0.25) is 0 Å². The molecule has 1 heterocycles. The van der Waals surface area contributed by atoms with E-state index in [1.54, 1.807) is 26.0 Å². The third-order valence-electron chi connectivity index (χ3n) is 2.84.